The summed E-state index contributed by atoms with van der Waals surface area (Å²) < 4.78 is 5.29. The fourth-order valence-electron chi connectivity index (χ4n) is 1.59. The van der Waals surface area contributed by atoms with Crippen molar-refractivity contribution in [2.75, 3.05) is 36.5 Å². The minimum atomic E-state index is 0.816. The van der Waals surface area contributed by atoms with Crippen molar-refractivity contribution >= 4 is 11.4 Å². The lowest BCUT2D eigenvalue weighted by molar-refractivity contribution is 0.122. The molecule has 1 N–H and O–H groups in total. The van der Waals surface area contributed by atoms with Gasteiger partial charge in [-0.2, -0.15) is 0 Å². The summed E-state index contributed by atoms with van der Waals surface area (Å²) in [4.78, 5) is 2.31. The maximum Gasteiger partial charge on any atom is 0.0705 e. The normalized spacial score (nSPS) is 16.8. The van der Waals surface area contributed by atoms with Crippen LogP contribution in [0.4, 0.5) is 11.4 Å². The van der Waals surface area contributed by atoms with Crippen molar-refractivity contribution in [3.63, 3.8) is 0 Å². The van der Waals surface area contributed by atoms with Gasteiger partial charge in [0.2, 0.25) is 0 Å². The number of ether oxygens (including phenoxy) is 1. The Hall–Kier alpha value is -1.22. The molecule has 0 aliphatic carbocycles. The van der Waals surface area contributed by atoms with Gasteiger partial charge in [0.1, 0.15) is 0 Å². The number of hydrogen-bond acceptors (Lipinski definition) is 3. The fourth-order valence-corrected chi connectivity index (χ4v) is 1.59. The molecule has 0 bridgehead atoms. The lowest BCUT2D eigenvalue weighted by Crippen LogP contribution is -2.36. The van der Waals surface area contributed by atoms with Crippen molar-refractivity contribution in [2.24, 2.45) is 0 Å². The van der Waals surface area contributed by atoms with Gasteiger partial charge < -0.3 is 15.0 Å². The smallest absolute Gasteiger partial charge is 0.0705 e. The summed E-state index contributed by atoms with van der Waals surface area (Å²) in [6.07, 6.45) is 0. The zero-order chi connectivity index (χ0) is 9.80. The quantitative estimate of drug-likeness (QED) is 0.717. The van der Waals surface area contributed by atoms with Crippen LogP contribution in [-0.4, -0.2) is 26.3 Å². The van der Waals surface area contributed by atoms with Crippen LogP contribution in [0.1, 0.15) is 0 Å². The van der Waals surface area contributed by atoms with E-state index in [9.17, 15) is 0 Å². The Kier molecular flexibility index (Phi) is 2.89. The minimum absolute atomic E-state index is 0.816. The molecule has 1 aromatic rings. The van der Waals surface area contributed by atoms with Gasteiger partial charge >= 0.3 is 0 Å². The number of nitrogens with zero attached hydrogens (tertiary/aromatic N) is 1. The summed E-state index contributed by atoms with van der Waals surface area (Å²) in [5.41, 5.74) is 2.16. The molecule has 0 spiro atoms. The highest BCUT2D eigenvalue weighted by atomic mass is 16.5. The SMILES string of the molecule is [CH]Nc1ccc(N2CCOCC2)cc1. The van der Waals surface area contributed by atoms with E-state index >= 15 is 0 Å². The zero-order valence-corrected chi connectivity index (χ0v) is 8.07. The van der Waals surface area contributed by atoms with Crippen molar-refractivity contribution in [1.29, 1.82) is 0 Å². The summed E-state index contributed by atoms with van der Waals surface area (Å²) in [6, 6.07) is 8.09. The molecule has 0 amide bonds. The molecule has 1 aromatic carbocycles. The van der Waals surface area contributed by atoms with E-state index in [2.05, 4.69) is 22.3 Å². The Labute approximate surface area is 84.7 Å². The van der Waals surface area contributed by atoms with Gasteiger partial charge in [-0.05, 0) is 24.3 Å². The van der Waals surface area contributed by atoms with Crippen LogP contribution >= 0.6 is 0 Å². The highest BCUT2D eigenvalue weighted by Gasteiger charge is 2.10. The van der Waals surface area contributed by atoms with E-state index < -0.39 is 0 Å². The second kappa shape index (κ2) is 4.33. The zero-order valence-electron chi connectivity index (χ0n) is 8.07. The van der Waals surface area contributed by atoms with Crippen LogP contribution in [-0.2, 0) is 4.74 Å². The van der Waals surface area contributed by atoms with Gasteiger partial charge in [0, 0.05) is 24.5 Å². The predicted octanol–water partition coefficient (Wildman–Crippen LogP) is 1.60. The van der Waals surface area contributed by atoms with Crippen molar-refractivity contribution in [1.82, 2.24) is 0 Å². The van der Waals surface area contributed by atoms with E-state index in [0.717, 1.165) is 32.0 Å². The number of benzene rings is 1. The highest BCUT2D eigenvalue weighted by Crippen LogP contribution is 2.18. The first kappa shape index (κ1) is 9.34. The topological polar surface area (TPSA) is 24.5 Å². The Morgan fingerprint density at radius 3 is 2.36 bits per heavy atom. The van der Waals surface area contributed by atoms with E-state index in [0.29, 0.717) is 0 Å². The van der Waals surface area contributed by atoms with Gasteiger partial charge in [0.15, 0.2) is 0 Å². The fraction of sp³-hybridized carbons (Fsp3) is 0.364. The predicted molar refractivity (Wildman–Crippen MR) is 57.4 cm³/mol. The maximum atomic E-state index is 5.29. The molecule has 1 heterocycles. The molecule has 2 radical (unpaired) electrons. The van der Waals surface area contributed by atoms with E-state index in [-0.39, 0.29) is 0 Å². The van der Waals surface area contributed by atoms with Crippen LogP contribution < -0.4 is 10.2 Å². The molecule has 3 heteroatoms. The molecule has 1 saturated heterocycles. The van der Waals surface area contributed by atoms with Crippen molar-refractivity contribution in [2.45, 2.75) is 0 Å². The van der Waals surface area contributed by atoms with Gasteiger partial charge in [-0.1, -0.05) is 0 Å². The number of morpholine rings is 1. The van der Waals surface area contributed by atoms with Gasteiger partial charge in [-0.25, -0.2) is 0 Å². The van der Waals surface area contributed by atoms with Gasteiger partial charge in [0.05, 0.1) is 20.3 Å². The molecule has 74 valence electrons. The molecule has 0 unspecified atom stereocenters. The van der Waals surface area contributed by atoms with E-state index in [1.807, 2.05) is 12.1 Å². The number of anilines is 2. The van der Waals surface area contributed by atoms with Crippen LogP contribution in [0.15, 0.2) is 24.3 Å². The lowest BCUT2D eigenvalue weighted by Gasteiger charge is -2.28. The van der Waals surface area contributed by atoms with E-state index in [1.54, 1.807) is 0 Å². The molecule has 0 atom stereocenters. The van der Waals surface area contributed by atoms with Crippen LogP contribution in [0.3, 0.4) is 0 Å². The van der Waals surface area contributed by atoms with E-state index in [4.69, 9.17) is 11.8 Å². The molecule has 0 saturated carbocycles. The molecule has 3 nitrogen and oxygen atoms in total. The minimum Gasteiger partial charge on any atom is -0.378 e. The average molecular weight is 190 g/mol. The molecule has 1 aliphatic rings. The van der Waals surface area contributed by atoms with E-state index in [1.165, 1.54) is 5.69 Å². The highest BCUT2D eigenvalue weighted by molar-refractivity contribution is 5.55. The monoisotopic (exact) mass is 190 g/mol. The largest absolute Gasteiger partial charge is 0.378 e. The standard InChI is InChI=1S/C11H14N2O/c1-12-10-2-4-11(5-3-10)13-6-8-14-9-7-13/h1-5,12H,6-9H2. The lowest BCUT2D eigenvalue weighted by atomic mass is 10.2. The van der Waals surface area contributed by atoms with Gasteiger partial charge in [0.25, 0.3) is 0 Å². The van der Waals surface area contributed by atoms with Crippen LogP contribution in [0.5, 0.6) is 0 Å². The Balaban J connectivity index is 2.07. The maximum absolute atomic E-state index is 5.29. The van der Waals surface area contributed by atoms with Crippen LogP contribution in [0.25, 0.3) is 0 Å². The molecule has 1 fully saturated rings. The van der Waals surface area contributed by atoms with Crippen molar-refractivity contribution in [3.8, 4) is 0 Å². The summed E-state index contributed by atoms with van der Waals surface area (Å²) in [5.74, 6) is 0. The first-order valence-corrected chi connectivity index (χ1v) is 4.79. The summed E-state index contributed by atoms with van der Waals surface area (Å²) in [6.45, 7) is 3.57. The van der Waals surface area contributed by atoms with Crippen LogP contribution in [0, 0.1) is 7.05 Å². The third kappa shape index (κ3) is 1.99. The third-order valence-corrected chi connectivity index (χ3v) is 2.41. The molecule has 14 heavy (non-hydrogen) atoms. The second-order valence-electron chi connectivity index (χ2n) is 3.29. The molecule has 2 rings (SSSR count). The molecular formula is C11H14N2O. The van der Waals surface area contributed by atoms with Crippen molar-refractivity contribution < 1.29 is 4.74 Å². The average Bonchev–Trinajstić information content (AvgIpc) is 2.30. The molecule has 0 aromatic heterocycles. The summed E-state index contributed by atoms with van der Waals surface area (Å²) in [5, 5.41) is 2.61. The third-order valence-electron chi connectivity index (χ3n) is 2.41. The number of hydrogen-bond donors (Lipinski definition) is 1. The Morgan fingerprint density at radius 2 is 1.79 bits per heavy atom. The second-order valence-corrected chi connectivity index (χ2v) is 3.29. The van der Waals surface area contributed by atoms with Gasteiger partial charge in [-0.3, -0.25) is 0 Å². The van der Waals surface area contributed by atoms with Crippen molar-refractivity contribution in [3.05, 3.63) is 31.3 Å². The van der Waals surface area contributed by atoms with Gasteiger partial charge in [-0.15, -0.1) is 0 Å². The first-order chi connectivity index (χ1) is 6.90. The van der Waals surface area contributed by atoms with Crippen LogP contribution in [0.2, 0.25) is 0 Å². The number of rotatable bonds is 2. The first-order valence-electron chi connectivity index (χ1n) is 4.79. The molecule has 1 aliphatic heterocycles. The Bertz CT molecular complexity index is 278. The summed E-state index contributed by atoms with van der Waals surface area (Å²) in [7, 11) is 5.29. The Morgan fingerprint density at radius 1 is 1.14 bits per heavy atom. The molecular weight excluding hydrogens is 176 g/mol. The summed E-state index contributed by atoms with van der Waals surface area (Å²) >= 11 is 0. The number of nitrogens with one attached hydrogen (secondary N) is 1.